The van der Waals surface area contributed by atoms with Crippen molar-refractivity contribution in [2.45, 2.75) is 71.3 Å². The summed E-state index contributed by atoms with van der Waals surface area (Å²) in [6, 6.07) is 7.85. The average molecular weight is 394 g/mol. The Morgan fingerprint density at radius 1 is 1.00 bits per heavy atom. The van der Waals surface area contributed by atoms with Gasteiger partial charge < -0.3 is 10.6 Å². The van der Waals surface area contributed by atoms with Crippen molar-refractivity contribution in [1.82, 2.24) is 10.3 Å². The van der Waals surface area contributed by atoms with Gasteiger partial charge in [0.05, 0.1) is 11.1 Å². The van der Waals surface area contributed by atoms with Crippen LogP contribution in [0.2, 0.25) is 0 Å². The molecule has 5 heteroatoms. The third-order valence-corrected chi connectivity index (χ3v) is 5.62. The van der Waals surface area contributed by atoms with Crippen LogP contribution in [0.3, 0.4) is 0 Å². The number of nitrogens with one attached hydrogen (secondary N) is 2. The molecule has 0 bridgehead atoms. The molecule has 0 atom stereocenters. The molecule has 2 N–H and O–H groups in total. The number of hydrogen-bond donors (Lipinski definition) is 2. The number of aromatic nitrogens is 1. The Kier molecular flexibility index (Phi) is 7.02. The first-order valence-electron chi connectivity index (χ1n) is 10.6. The highest BCUT2D eigenvalue weighted by molar-refractivity contribution is 6.06. The summed E-state index contributed by atoms with van der Waals surface area (Å²) >= 11 is 0. The summed E-state index contributed by atoms with van der Waals surface area (Å²) in [5, 5.41) is 6.14. The Hall–Kier alpha value is -2.69. The molecule has 1 saturated carbocycles. The molecule has 1 aliphatic rings. The number of para-hydroxylation sites is 1. The summed E-state index contributed by atoms with van der Waals surface area (Å²) in [7, 11) is 0. The number of aryl methyl sites for hydroxylation is 1. The van der Waals surface area contributed by atoms with E-state index in [2.05, 4.69) is 29.5 Å². The molecule has 154 valence electrons. The summed E-state index contributed by atoms with van der Waals surface area (Å²) in [6.45, 7) is 6.19. The molecule has 0 radical (unpaired) electrons. The molecule has 5 nitrogen and oxygen atoms in total. The first kappa shape index (κ1) is 21.0. The minimum absolute atomic E-state index is 0.155. The van der Waals surface area contributed by atoms with Crippen molar-refractivity contribution in [3.63, 3.8) is 0 Å². The molecule has 1 heterocycles. The second-order valence-corrected chi connectivity index (χ2v) is 8.27. The Bertz CT molecular complexity index is 868. The van der Waals surface area contributed by atoms with Gasteiger partial charge in [0.25, 0.3) is 11.8 Å². The van der Waals surface area contributed by atoms with Crippen LogP contribution >= 0.6 is 0 Å². The number of rotatable bonds is 5. The molecule has 1 aromatic carbocycles. The molecular weight excluding hydrogens is 362 g/mol. The van der Waals surface area contributed by atoms with E-state index in [1.807, 2.05) is 25.1 Å². The minimum Gasteiger partial charge on any atom is -0.349 e. The number of nitrogens with zero attached hydrogens (tertiary/aromatic N) is 1. The lowest BCUT2D eigenvalue weighted by Crippen LogP contribution is -2.34. The lowest BCUT2D eigenvalue weighted by molar-refractivity contribution is 0.0933. The summed E-state index contributed by atoms with van der Waals surface area (Å²) in [5.74, 6) is -0.115. The fraction of sp³-hybridized carbons (Fsp3) is 0.458. The number of carbonyl (C=O) groups excluding carboxylic acids is 2. The zero-order chi connectivity index (χ0) is 20.8. The molecule has 2 amide bonds. The predicted octanol–water partition coefficient (Wildman–Crippen LogP) is 5.22. The van der Waals surface area contributed by atoms with Crippen LogP contribution in [0.1, 0.15) is 90.1 Å². The second-order valence-electron chi connectivity index (χ2n) is 8.27. The van der Waals surface area contributed by atoms with Gasteiger partial charge in [-0.15, -0.1) is 0 Å². The summed E-state index contributed by atoms with van der Waals surface area (Å²) in [6.07, 6.45) is 9.85. The van der Waals surface area contributed by atoms with E-state index in [9.17, 15) is 9.59 Å². The first-order valence-corrected chi connectivity index (χ1v) is 10.6. The van der Waals surface area contributed by atoms with Crippen molar-refractivity contribution < 1.29 is 9.59 Å². The van der Waals surface area contributed by atoms with Crippen LogP contribution in [0.5, 0.6) is 0 Å². The maximum Gasteiger partial charge on any atom is 0.257 e. The zero-order valence-electron chi connectivity index (χ0n) is 17.6. The standard InChI is InChI=1S/C24H31N3O2/c1-16(2)21-12-8-9-17(3)22(21)27-24(29)19-13-18(14-25-15-19)23(28)26-20-10-6-4-5-7-11-20/h8-9,12-16,20H,4-7,10-11H2,1-3H3,(H,26,28)(H,27,29). The maximum atomic E-state index is 12.9. The van der Waals surface area contributed by atoms with Crippen LogP contribution in [0.15, 0.2) is 36.7 Å². The minimum atomic E-state index is -0.252. The quantitative estimate of drug-likeness (QED) is 0.684. The average Bonchev–Trinajstić information content (AvgIpc) is 2.98. The van der Waals surface area contributed by atoms with Crippen LogP contribution in [-0.4, -0.2) is 22.8 Å². The number of amides is 2. The monoisotopic (exact) mass is 393 g/mol. The Balaban J connectivity index is 1.74. The van der Waals surface area contributed by atoms with Gasteiger partial charge in [0, 0.05) is 24.1 Å². The molecule has 3 rings (SSSR count). The van der Waals surface area contributed by atoms with Gasteiger partial charge in [0.1, 0.15) is 0 Å². The lowest BCUT2D eigenvalue weighted by Gasteiger charge is -2.17. The van der Waals surface area contributed by atoms with Crippen molar-refractivity contribution in [3.05, 3.63) is 58.9 Å². The fourth-order valence-electron chi connectivity index (χ4n) is 3.91. The van der Waals surface area contributed by atoms with Crippen molar-refractivity contribution >= 4 is 17.5 Å². The molecule has 0 spiro atoms. The van der Waals surface area contributed by atoms with Gasteiger partial charge in [0.2, 0.25) is 0 Å². The van der Waals surface area contributed by atoms with Crippen LogP contribution in [0.4, 0.5) is 5.69 Å². The lowest BCUT2D eigenvalue weighted by atomic mass is 9.98. The highest BCUT2D eigenvalue weighted by atomic mass is 16.2. The van der Waals surface area contributed by atoms with Crippen molar-refractivity contribution in [1.29, 1.82) is 0 Å². The smallest absolute Gasteiger partial charge is 0.257 e. The van der Waals surface area contributed by atoms with Gasteiger partial charge in [-0.05, 0) is 42.9 Å². The van der Waals surface area contributed by atoms with E-state index in [0.29, 0.717) is 17.0 Å². The van der Waals surface area contributed by atoms with E-state index in [-0.39, 0.29) is 17.9 Å². The van der Waals surface area contributed by atoms with Gasteiger partial charge in [-0.1, -0.05) is 57.7 Å². The maximum absolute atomic E-state index is 12.9. The molecule has 1 fully saturated rings. The van der Waals surface area contributed by atoms with Crippen LogP contribution < -0.4 is 10.6 Å². The van der Waals surface area contributed by atoms with E-state index in [4.69, 9.17) is 0 Å². The Labute approximate surface area is 173 Å². The van der Waals surface area contributed by atoms with Gasteiger partial charge in [-0.3, -0.25) is 14.6 Å². The molecule has 1 aromatic heterocycles. The summed E-state index contributed by atoms with van der Waals surface area (Å²) in [4.78, 5) is 29.7. The summed E-state index contributed by atoms with van der Waals surface area (Å²) < 4.78 is 0. The first-order chi connectivity index (χ1) is 14.0. The number of pyridine rings is 1. The van der Waals surface area contributed by atoms with Crippen LogP contribution in [0.25, 0.3) is 0 Å². The van der Waals surface area contributed by atoms with Crippen molar-refractivity contribution in [2.75, 3.05) is 5.32 Å². The fourth-order valence-corrected chi connectivity index (χ4v) is 3.91. The highest BCUT2D eigenvalue weighted by Gasteiger charge is 2.18. The van der Waals surface area contributed by atoms with E-state index in [0.717, 1.165) is 42.5 Å². The molecule has 2 aromatic rings. The number of hydrogen-bond acceptors (Lipinski definition) is 3. The van der Waals surface area contributed by atoms with Crippen molar-refractivity contribution in [3.8, 4) is 0 Å². The molecule has 29 heavy (non-hydrogen) atoms. The van der Waals surface area contributed by atoms with Crippen molar-refractivity contribution in [2.24, 2.45) is 0 Å². The van der Waals surface area contributed by atoms with Gasteiger partial charge in [0.15, 0.2) is 0 Å². The van der Waals surface area contributed by atoms with E-state index < -0.39 is 0 Å². The molecule has 1 aliphatic carbocycles. The van der Waals surface area contributed by atoms with E-state index in [1.54, 1.807) is 6.07 Å². The largest absolute Gasteiger partial charge is 0.349 e. The topological polar surface area (TPSA) is 71.1 Å². The summed E-state index contributed by atoms with van der Waals surface area (Å²) in [5.41, 5.74) is 3.75. The Morgan fingerprint density at radius 3 is 2.31 bits per heavy atom. The van der Waals surface area contributed by atoms with Crippen LogP contribution in [0, 0.1) is 6.92 Å². The number of anilines is 1. The van der Waals surface area contributed by atoms with Gasteiger partial charge >= 0.3 is 0 Å². The van der Waals surface area contributed by atoms with Crippen LogP contribution in [-0.2, 0) is 0 Å². The second kappa shape index (κ2) is 9.68. The zero-order valence-corrected chi connectivity index (χ0v) is 17.6. The van der Waals surface area contributed by atoms with Gasteiger partial charge in [-0.2, -0.15) is 0 Å². The highest BCUT2D eigenvalue weighted by Crippen LogP contribution is 2.28. The number of benzene rings is 1. The molecule has 0 unspecified atom stereocenters. The van der Waals surface area contributed by atoms with E-state index in [1.165, 1.54) is 25.2 Å². The molecule has 0 aliphatic heterocycles. The third-order valence-electron chi connectivity index (χ3n) is 5.62. The normalized spacial score (nSPS) is 15.0. The SMILES string of the molecule is Cc1cccc(C(C)C)c1NC(=O)c1cncc(C(=O)NC2CCCCCC2)c1. The Morgan fingerprint density at radius 2 is 1.66 bits per heavy atom. The predicted molar refractivity (Wildman–Crippen MR) is 116 cm³/mol. The third kappa shape index (κ3) is 5.43. The molecule has 0 saturated heterocycles. The van der Waals surface area contributed by atoms with E-state index >= 15 is 0 Å². The molecular formula is C24H31N3O2. The van der Waals surface area contributed by atoms with Gasteiger partial charge in [-0.25, -0.2) is 0 Å². The number of carbonyl (C=O) groups is 2.